The van der Waals surface area contributed by atoms with Gasteiger partial charge in [0, 0.05) is 13.2 Å². The van der Waals surface area contributed by atoms with E-state index in [2.05, 4.69) is 10.5 Å². The van der Waals surface area contributed by atoms with E-state index in [9.17, 15) is 14.7 Å². The van der Waals surface area contributed by atoms with Crippen molar-refractivity contribution in [2.75, 3.05) is 7.11 Å². The molecular formula is C14H14N2O5. The summed E-state index contributed by atoms with van der Waals surface area (Å²) < 4.78 is 9.74. The summed E-state index contributed by atoms with van der Waals surface area (Å²) in [5.41, 5.74) is 0.475. The van der Waals surface area contributed by atoms with E-state index in [1.807, 2.05) is 0 Å². The summed E-state index contributed by atoms with van der Waals surface area (Å²) in [6.07, 6.45) is 0. The second-order valence-electron chi connectivity index (χ2n) is 4.27. The van der Waals surface area contributed by atoms with Gasteiger partial charge in [-0.3, -0.25) is 4.79 Å². The predicted molar refractivity (Wildman–Crippen MR) is 71.5 cm³/mol. The number of methoxy groups -OCH3 is 1. The number of aromatic nitrogens is 1. The minimum Gasteiger partial charge on any atom is -0.479 e. The van der Waals surface area contributed by atoms with Gasteiger partial charge >= 0.3 is 5.97 Å². The molecule has 0 aliphatic rings. The number of benzene rings is 1. The fourth-order valence-electron chi connectivity index (χ4n) is 1.77. The highest BCUT2D eigenvalue weighted by atomic mass is 16.5. The quantitative estimate of drug-likeness (QED) is 0.833. The number of nitrogens with zero attached hydrogens (tertiary/aromatic N) is 1. The summed E-state index contributed by atoms with van der Waals surface area (Å²) in [7, 11) is 1.48. The number of rotatable bonds is 6. The molecule has 7 nitrogen and oxygen atoms in total. The smallest absolute Gasteiger partial charge is 0.330 e. The molecule has 0 aliphatic carbocycles. The van der Waals surface area contributed by atoms with E-state index in [0.717, 1.165) is 0 Å². The summed E-state index contributed by atoms with van der Waals surface area (Å²) in [5.74, 6) is -1.40. The van der Waals surface area contributed by atoms with Crippen LogP contribution in [0.25, 0.3) is 0 Å². The van der Waals surface area contributed by atoms with Crippen LogP contribution in [0.5, 0.6) is 0 Å². The van der Waals surface area contributed by atoms with Crippen LogP contribution in [0.4, 0.5) is 0 Å². The van der Waals surface area contributed by atoms with E-state index in [1.54, 1.807) is 30.3 Å². The van der Waals surface area contributed by atoms with Crippen molar-refractivity contribution in [3.8, 4) is 0 Å². The van der Waals surface area contributed by atoms with Gasteiger partial charge in [-0.25, -0.2) is 4.79 Å². The maximum Gasteiger partial charge on any atom is 0.330 e. The zero-order valence-corrected chi connectivity index (χ0v) is 11.3. The van der Waals surface area contributed by atoms with Crippen LogP contribution in [0.2, 0.25) is 0 Å². The number of nitrogens with one attached hydrogen (secondary N) is 1. The first-order valence-electron chi connectivity index (χ1n) is 6.15. The average molecular weight is 290 g/mol. The standard InChI is InChI=1S/C14H14N2O5/c1-20-8-10-7-11(16-21-10)13(17)15-12(14(18)19)9-5-3-2-4-6-9/h2-7,12H,8H2,1H3,(H,15,17)(H,18,19)/t12-/m1/s1. The summed E-state index contributed by atoms with van der Waals surface area (Å²) in [6.45, 7) is 0.182. The Morgan fingerprint density at radius 3 is 2.71 bits per heavy atom. The van der Waals surface area contributed by atoms with Crippen LogP contribution in [-0.4, -0.2) is 29.2 Å². The van der Waals surface area contributed by atoms with Crippen molar-refractivity contribution < 1.29 is 24.0 Å². The molecule has 1 heterocycles. The molecule has 0 saturated heterocycles. The topological polar surface area (TPSA) is 102 Å². The highest BCUT2D eigenvalue weighted by Crippen LogP contribution is 2.14. The van der Waals surface area contributed by atoms with E-state index < -0.39 is 17.9 Å². The first-order chi connectivity index (χ1) is 10.1. The van der Waals surface area contributed by atoms with Crippen molar-refractivity contribution in [1.29, 1.82) is 0 Å². The zero-order valence-electron chi connectivity index (χ0n) is 11.3. The van der Waals surface area contributed by atoms with E-state index in [4.69, 9.17) is 9.26 Å². The molecule has 0 aliphatic heterocycles. The Morgan fingerprint density at radius 1 is 1.38 bits per heavy atom. The lowest BCUT2D eigenvalue weighted by molar-refractivity contribution is -0.139. The number of amides is 1. The molecule has 1 atom stereocenters. The van der Waals surface area contributed by atoms with Crippen LogP contribution in [0, 0.1) is 0 Å². The Labute approximate surface area is 120 Å². The molecule has 1 amide bonds. The minimum absolute atomic E-state index is 0.00392. The monoisotopic (exact) mass is 290 g/mol. The summed E-state index contributed by atoms with van der Waals surface area (Å²) in [6, 6.07) is 8.66. The molecule has 0 fully saturated rings. The number of carbonyl (C=O) groups is 2. The number of hydrogen-bond donors (Lipinski definition) is 2. The van der Waals surface area contributed by atoms with Crippen molar-refractivity contribution in [3.05, 3.63) is 53.4 Å². The van der Waals surface area contributed by atoms with Gasteiger partial charge in [-0.1, -0.05) is 35.5 Å². The van der Waals surface area contributed by atoms with Gasteiger partial charge in [-0.15, -0.1) is 0 Å². The van der Waals surface area contributed by atoms with Gasteiger partial charge in [0.05, 0.1) is 0 Å². The second kappa shape index (κ2) is 6.67. The van der Waals surface area contributed by atoms with Crippen LogP contribution >= 0.6 is 0 Å². The van der Waals surface area contributed by atoms with Gasteiger partial charge in [0.15, 0.2) is 17.5 Å². The summed E-state index contributed by atoms with van der Waals surface area (Å²) in [4.78, 5) is 23.3. The molecule has 1 aromatic heterocycles. The molecule has 0 radical (unpaired) electrons. The van der Waals surface area contributed by atoms with Gasteiger partial charge < -0.3 is 19.7 Å². The third-order valence-electron chi connectivity index (χ3n) is 2.73. The molecule has 7 heteroatoms. The molecule has 2 rings (SSSR count). The number of carbonyl (C=O) groups excluding carboxylic acids is 1. The largest absolute Gasteiger partial charge is 0.479 e. The van der Waals surface area contributed by atoms with E-state index in [1.165, 1.54) is 13.2 Å². The van der Waals surface area contributed by atoms with Gasteiger partial charge in [0.25, 0.3) is 5.91 Å². The molecule has 2 aromatic rings. The van der Waals surface area contributed by atoms with Gasteiger partial charge in [-0.2, -0.15) is 0 Å². The van der Waals surface area contributed by atoms with Crippen LogP contribution in [0.1, 0.15) is 27.9 Å². The fraction of sp³-hybridized carbons (Fsp3) is 0.214. The van der Waals surface area contributed by atoms with Crippen LogP contribution in [-0.2, 0) is 16.1 Å². The Hall–Kier alpha value is -2.67. The lowest BCUT2D eigenvalue weighted by Crippen LogP contribution is -2.33. The third kappa shape index (κ3) is 3.67. The van der Waals surface area contributed by atoms with Crippen LogP contribution in [0.3, 0.4) is 0 Å². The zero-order chi connectivity index (χ0) is 15.2. The molecular weight excluding hydrogens is 276 g/mol. The van der Waals surface area contributed by atoms with Crippen molar-refractivity contribution in [3.63, 3.8) is 0 Å². The molecule has 0 unspecified atom stereocenters. The van der Waals surface area contributed by atoms with E-state index >= 15 is 0 Å². The van der Waals surface area contributed by atoms with E-state index in [0.29, 0.717) is 11.3 Å². The lowest BCUT2D eigenvalue weighted by Gasteiger charge is -2.13. The lowest BCUT2D eigenvalue weighted by atomic mass is 10.1. The SMILES string of the molecule is COCc1cc(C(=O)N[C@@H](C(=O)O)c2ccccc2)no1. The molecule has 0 saturated carbocycles. The number of carboxylic acid groups (broad SMARTS) is 1. The van der Waals surface area contributed by atoms with Crippen molar-refractivity contribution in [2.45, 2.75) is 12.6 Å². The second-order valence-corrected chi connectivity index (χ2v) is 4.27. The molecule has 21 heavy (non-hydrogen) atoms. The Balaban J connectivity index is 2.13. The average Bonchev–Trinajstić information content (AvgIpc) is 2.94. The number of carboxylic acids is 1. The first-order valence-corrected chi connectivity index (χ1v) is 6.15. The third-order valence-corrected chi connectivity index (χ3v) is 2.73. The van der Waals surface area contributed by atoms with Crippen molar-refractivity contribution >= 4 is 11.9 Å². The summed E-state index contributed by atoms with van der Waals surface area (Å²) in [5, 5.41) is 15.2. The van der Waals surface area contributed by atoms with Crippen molar-refractivity contribution in [2.24, 2.45) is 0 Å². The highest BCUT2D eigenvalue weighted by Gasteiger charge is 2.24. The Morgan fingerprint density at radius 2 is 2.10 bits per heavy atom. The maximum atomic E-state index is 12.0. The Bertz CT molecular complexity index is 623. The van der Waals surface area contributed by atoms with Gasteiger partial charge in [0.2, 0.25) is 0 Å². The predicted octanol–water partition coefficient (Wildman–Crippen LogP) is 1.38. The van der Waals surface area contributed by atoms with Crippen molar-refractivity contribution in [1.82, 2.24) is 10.5 Å². The molecule has 1 aromatic carbocycles. The summed E-state index contributed by atoms with van der Waals surface area (Å²) >= 11 is 0. The molecule has 0 bridgehead atoms. The fourth-order valence-corrected chi connectivity index (χ4v) is 1.77. The Kier molecular flexibility index (Phi) is 4.68. The minimum atomic E-state index is -1.16. The highest BCUT2D eigenvalue weighted by molar-refractivity contribution is 5.95. The molecule has 2 N–H and O–H groups in total. The van der Waals surface area contributed by atoms with Gasteiger partial charge in [0.1, 0.15) is 6.61 Å². The molecule has 110 valence electrons. The maximum absolute atomic E-state index is 12.0. The van der Waals surface area contributed by atoms with Crippen LogP contribution in [0.15, 0.2) is 40.9 Å². The molecule has 0 spiro atoms. The van der Waals surface area contributed by atoms with Crippen LogP contribution < -0.4 is 5.32 Å². The van der Waals surface area contributed by atoms with Gasteiger partial charge in [-0.05, 0) is 5.56 Å². The first kappa shape index (κ1) is 14.7. The van der Waals surface area contributed by atoms with E-state index in [-0.39, 0.29) is 12.3 Å². The number of aliphatic carboxylic acids is 1. The normalized spacial score (nSPS) is 11.9. The number of ether oxygens (including phenoxy) is 1. The number of hydrogen-bond acceptors (Lipinski definition) is 5.